The van der Waals surface area contributed by atoms with Gasteiger partial charge in [-0.25, -0.2) is 4.68 Å². The summed E-state index contributed by atoms with van der Waals surface area (Å²) >= 11 is 5.17. The minimum atomic E-state index is -1.33. The van der Waals surface area contributed by atoms with Gasteiger partial charge in [0.25, 0.3) is 0 Å². The molecule has 0 amide bonds. The lowest BCUT2D eigenvalue weighted by molar-refractivity contribution is -0.0366. The number of benzene rings is 1. The van der Waals surface area contributed by atoms with Crippen LogP contribution in [0.25, 0.3) is 10.9 Å². The molecule has 25 heavy (non-hydrogen) atoms. The van der Waals surface area contributed by atoms with Crippen LogP contribution in [-0.4, -0.2) is 31.9 Å². The molecule has 2 aromatic rings. The number of nitrogens with zero attached hydrogens (tertiary/aromatic N) is 3. The van der Waals surface area contributed by atoms with Crippen LogP contribution in [0.15, 0.2) is 16.7 Å². The smallest absolute Gasteiger partial charge is 0.150 e. The summed E-state index contributed by atoms with van der Waals surface area (Å²) in [7, 11) is 0. The molecule has 0 aliphatic carbocycles. The van der Waals surface area contributed by atoms with Crippen molar-refractivity contribution in [2.75, 3.05) is 6.61 Å². The highest BCUT2D eigenvalue weighted by molar-refractivity contribution is 7.91. The third-order valence-corrected chi connectivity index (χ3v) is 6.14. The Kier molecular flexibility index (Phi) is 5.44. The van der Waals surface area contributed by atoms with E-state index >= 15 is 0 Å². The van der Waals surface area contributed by atoms with Gasteiger partial charge in [-0.3, -0.25) is 0 Å². The van der Waals surface area contributed by atoms with Gasteiger partial charge in [-0.1, -0.05) is 16.0 Å². The van der Waals surface area contributed by atoms with Gasteiger partial charge in [0.1, 0.15) is 16.1 Å². The zero-order valence-corrected chi connectivity index (χ0v) is 16.7. The Bertz CT molecular complexity index is 792. The standard InChI is InChI=1S/C18H24ClN3O2S/c1-12-9-15-13(10-20-22(15)16-7-5-6-8-24-16)14(17(12)19)11-21-25(23)18(2,3)4/h9-11,16H,5-8H2,1-4H3. The fraction of sp³-hybridized carbons (Fsp3) is 0.556. The number of aromatic nitrogens is 2. The molecular weight excluding hydrogens is 358 g/mol. The molecule has 2 heterocycles. The van der Waals surface area contributed by atoms with Crippen molar-refractivity contribution < 1.29 is 9.29 Å². The quantitative estimate of drug-likeness (QED) is 0.577. The van der Waals surface area contributed by atoms with E-state index < -0.39 is 16.1 Å². The van der Waals surface area contributed by atoms with Crippen LogP contribution in [0, 0.1) is 6.92 Å². The summed E-state index contributed by atoms with van der Waals surface area (Å²) < 4.78 is 23.9. The highest BCUT2D eigenvalue weighted by atomic mass is 35.5. The van der Waals surface area contributed by atoms with Gasteiger partial charge in [-0.2, -0.15) is 5.10 Å². The van der Waals surface area contributed by atoms with Crippen LogP contribution < -0.4 is 0 Å². The number of halogens is 1. The molecule has 0 spiro atoms. The molecule has 2 atom stereocenters. The Labute approximate surface area is 156 Å². The molecule has 1 aliphatic heterocycles. The average molecular weight is 382 g/mol. The van der Waals surface area contributed by atoms with E-state index in [-0.39, 0.29) is 6.23 Å². The lowest BCUT2D eigenvalue weighted by Gasteiger charge is -2.23. The first-order valence-corrected chi connectivity index (χ1v) is 10.0. The number of aryl methyl sites for hydroxylation is 1. The lowest BCUT2D eigenvalue weighted by atomic mass is 10.1. The summed E-state index contributed by atoms with van der Waals surface area (Å²) in [6.07, 6.45) is 6.55. The van der Waals surface area contributed by atoms with Gasteiger partial charge in [0.15, 0.2) is 6.23 Å². The summed E-state index contributed by atoms with van der Waals surface area (Å²) in [5.74, 6) is 0. The predicted molar refractivity (Wildman–Crippen MR) is 104 cm³/mol. The van der Waals surface area contributed by atoms with Gasteiger partial charge >= 0.3 is 0 Å². The molecule has 136 valence electrons. The highest BCUT2D eigenvalue weighted by Gasteiger charge is 2.26. The SMILES string of the molecule is Cc1cc2c(cnn2C2CCCCO2)c(C=N[S+]([O-])C(C)(C)C)c1Cl. The van der Waals surface area contributed by atoms with Crippen LogP contribution in [0.3, 0.4) is 0 Å². The predicted octanol–water partition coefficient (Wildman–Crippen LogP) is 4.58. The molecule has 2 unspecified atom stereocenters. The fourth-order valence-corrected chi connectivity index (χ4v) is 3.58. The van der Waals surface area contributed by atoms with Gasteiger partial charge in [-0.15, -0.1) is 0 Å². The van der Waals surface area contributed by atoms with E-state index in [0.717, 1.165) is 47.9 Å². The largest absolute Gasteiger partial charge is 0.591 e. The van der Waals surface area contributed by atoms with E-state index in [1.807, 2.05) is 38.4 Å². The van der Waals surface area contributed by atoms with E-state index in [4.69, 9.17) is 16.3 Å². The second-order valence-corrected chi connectivity index (χ2v) is 9.67. The highest BCUT2D eigenvalue weighted by Crippen LogP contribution is 2.32. The molecular formula is C18H24ClN3O2S. The second-order valence-electron chi connectivity index (χ2n) is 7.36. The summed E-state index contributed by atoms with van der Waals surface area (Å²) in [6, 6.07) is 2.03. The molecule has 0 saturated carbocycles. The maximum absolute atomic E-state index is 12.3. The second kappa shape index (κ2) is 7.27. The first kappa shape index (κ1) is 18.7. The Balaban J connectivity index is 2.04. The normalized spacial score (nSPS) is 20.5. The van der Waals surface area contributed by atoms with Crippen LogP contribution in [-0.2, 0) is 16.1 Å². The average Bonchev–Trinajstić information content (AvgIpc) is 2.98. The van der Waals surface area contributed by atoms with Crippen molar-refractivity contribution in [1.29, 1.82) is 0 Å². The molecule has 3 rings (SSSR count). The summed E-state index contributed by atoms with van der Waals surface area (Å²) in [5.41, 5.74) is 2.67. The van der Waals surface area contributed by atoms with Crippen LogP contribution in [0.5, 0.6) is 0 Å². The van der Waals surface area contributed by atoms with E-state index in [1.165, 1.54) is 0 Å². The number of fused-ring (bicyclic) bond motifs is 1. The molecule has 1 fully saturated rings. The van der Waals surface area contributed by atoms with Crippen molar-refractivity contribution in [2.24, 2.45) is 4.40 Å². The summed E-state index contributed by atoms with van der Waals surface area (Å²) in [5, 5.41) is 6.05. The molecule has 1 aromatic heterocycles. The maximum Gasteiger partial charge on any atom is 0.150 e. The zero-order chi connectivity index (χ0) is 18.2. The molecule has 1 saturated heterocycles. The zero-order valence-electron chi connectivity index (χ0n) is 15.1. The Morgan fingerprint density at radius 1 is 1.44 bits per heavy atom. The lowest BCUT2D eigenvalue weighted by Crippen LogP contribution is -2.25. The summed E-state index contributed by atoms with van der Waals surface area (Å²) in [4.78, 5) is 0. The Morgan fingerprint density at radius 2 is 2.20 bits per heavy atom. The van der Waals surface area contributed by atoms with Crippen molar-refractivity contribution in [3.8, 4) is 0 Å². The first-order chi connectivity index (χ1) is 11.8. The van der Waals surface area contributed by atoms with E-state index in [9.17, 15) is 4.55 Å². The molecule has 0 radical (unpaired) electrons. The van der Waals surface area contributed by atoms with Gasteiger partial charge in [-0.05, 0) is 58.6 Å². The van der Waals surface area contributed by atoms with Crippen LogP contribution in [0.1, 0.15) is 57.4 Å². The van der Waals surface area contributed by atoms with Crippen molar-refractivity contribution in [3.05, 3.63) is 28.4 Å². The van der Waals surface area contributed by atoms with E-state index in [1.54, 1.807) is 12.4 Å². The molecule has 1 aliphatic rings. The molecule has 0 bridgehead atoms. The molecule has 5 nitrogen and oxygen atoms in total. The molecule has 1 aromatic carbocycles. The van der Waals surface area contributed by atoms with E-state index in [2.05, 4.69) is 9.50 Å². The van der Waals surface area contributed by atoms with Crippen molar-refractivity contribution in [2.45, 2.75) is 57.9 Å². The first-order valence-electron chi connectivity index (χ1n) is 8.53. The monoisotopic (exact) mass is 381 g/mol. The van der Waals surface area contributed by atoms with Gasteiger partial charge < -0.3 is 9.29 Å². The number of hydrogen-bond acceptors (Lipinski definition) is 4. The number of hydrogen-bond donors (Lipinski definition) is 0. The van der Waals surface area contributed by atoms with Crippen LogP contribution in [0.4, 0.5) is 0 Å². The number of rotatable bonds is 3. The van der Waals surface area contributed by atoms with Gasteiger partial charge in [0.05, 0.1) is 23.0 Å². The minimum Gasteiger partial charge on any atom is -0.591 e. The fourth-order valence-electron chi connectivity index (χ4n) is 2.85. The third-order valence-electron chi connectivity index (χ3n) is 4.29. The van der Waals surface area contributed by atoms with Crippen molar-refractivity contribution >= 4 is 40.1 Å². The van der Waals surface area contributed by atoms with Crippen molar-refractivity contribution in [1.82, 2.24) is 9.78 Å². The topological polar surface area (TPSA) is 62.5 Å². The summed E-state index contributed by atoms with van der Waals surface area (Å²) in [6.45, 7) is 8.40. The Hall–Kier alpha value is -1.08. The third kappa shape index (κ3) is 3.87. The van der Waals surface area contributed by atoms with Gasteiger partial charge in [0, 0.05) is 17.6 Å². The van der Waals surface area contributed by atoms with E-state index in [0.29, 0.717) is 5.02 Å². The van der Waals surface area contributed by atoms with Crippen LogP contribution >= 0.6 is 11.6 Å². The molecule has 7 heteroatoms. The maximum atomic E-state index is 12.3. The van der Waals surface area contributed by atoms with Crippen molar-refractivity contribution in [3.63, 3.8) is 0 Å². The Morgan fingerprint density at radius 3 is 2.84 bits per heavy atom. The number of ether oxygens (including phenoxy) is 1. The van der Waals surface area contributed by atoms with Gasteiger partial charge in [0.2, 0.25) is 0 Å². The minimum absolute atomic E-state index is 0.0414. The van der Waals surface area contributed by atoms with Crippen LogP contribution in [0.2, 0.25) is 5.02 Å². The molecule has 0 N–H and O–H groups in total.